The fraction of sp³-hybridized carbons (Fsp3) is 0.774. The maximum absolute atomic E-state index is 14.0. The Morgan fingerprint density at radius 2 is 1.07 bits per heavy atom. The summed E-state index contributed by atoms with van der Waals surface area (Å²) in [6, 6.07) is 0. The average Bonchev–Trinajstić information content (AvgIpc) is 3.16. The molecule has 1 amide bonds. The molecule has 1 aliphatic rings. The van der Waals surface area contributed by atoms with Gasteiger partial charge in [-0.1, -0.05) is 5.11 Å². The van der Waals surface area contributed by atoms with E-state index >= 15 is 0 Å². The van der Waals surface area contributed by atoms with E-state index in [9.17, 15) is 42.8 Å². The summed E-state index contributed by atoms with van der Waals surface area (Å²) in [4.78, 5) is 14.1. The first-order chi connectivity index (χ1) is 26.1. The van der Waals surface area contributed by atoms with E-state index in [0.29, 0.717) is 85.0 Å². The number of nitrogens with one attached hydrogen (secondary N) is 1. The highest BCUT2D eigenvalue weighted by molar-refractivity contribution is 7.99. The van der Waals surface area contributed by atoms with Crippen molar-refractivity contribution in [3.05, 3.63) is 39.3 Å². The molecule has 1 aliphatic heterocycles. The summed E-state index contributed by atoms with van der Waals surface area (Å²) < 4.78 is 104. The highest BCUT2D eigenvalue weighted by Crippen LogP contribution is 2.31. The van der Waals surface area contributed by atoms with E-state index < -0.39 is 76.9 Å². The van der Waals surface area contributed by atoms with Gasteiger partial charge in [-0.25, -0.2) is 17.6 Å². The Morgan fingerprint density at radius 3 is 1.48 bits per heavy atom. The predicted octanol–water partition coefficient (Wildman–Crippen LogP) is 0.581. The molecular weight excluding hydrogens is 760 g/mol. The largest absolute Gasteiger partial charge is 0.394 e. The lowest BCUT2D eigenvalue weighted by atomic mass is 10.0. The van der Waals surface area contributed by atoms with Crippen LogP contribution in [0.5, 0.6) is 0 Å². The molecule has 54 heavy (non-hydrogen) atoms. The van der Waals surface area contributed by atoms with Crippen LogP contribution in [0.2, 0.25) is 0 Å². The number of aliphatic hydroxyl groups is 4. The highest BCUT2D eigenvalue weighted by atomic mass is 32.2. The van der Waals surface area contributed by atoms with Crippen molar-refractivity contribution in [2.45, 2.75) is 29.9 Å². The summed E-state index contributed by atoms with van der Waals surface area (Å²) in [7, 11) is 0. The molecule has 0 unspecified atom stereocenters. The number of amides is 1. The Bertz CT molecular complexity index is 1230. The summed E-state index contributed by atoms with van der Waals surface area (Å²) in [5, 5.41) is 43.4. The molecule has 1 saturated heterocycles. The predicted molar refractivity (Wildman–Crippen MR) is 180 cm³/mol. The van der Waals surface area contributed by atoms with Gasteiger partial charge in [0.2, 0.25) is 0 Å². The molecule has 5 N–H and O–H groups in total. The molecule has 18 nitrogen and oxygen atoms in total. The number of ether oxygens (including phenoxy) is 9. The Morgan fingerprint density at radius 1 is 0.667 bits per heavy atom. The summed E-state index contributed by atoms with van der Waals surface area (Å²) in [5.74, 6) is -8.91. The monoisotopic (exact) mass is 808 g/mol. The fourth-order valence-electron chi connectivity index (χ4n) is 4.35. The normalized spacial score (nSPS) is 19.9. The Labute approximate surface area is 312 Å². The molecule has 0 aliphatic carbocycles. The number of rotatable bonds is 31. The van der Waals surface area contributed by atoms with E-state index in [0.717, 1.165) is 0 Å². The van der Waals surface area contributed by atoms with E-state index in [1.165, 1.54) is 11.8 Å². The number of benzene rings is 1. The number of hydrogen-bond donors (Lipinski definition) is 5. The summed E-state index contributed by atoms with van der Waals surface area (Å²) >= 11 is 1.22. The number of halogens is 4. The molecule has 0 bridgehead atoms. The van der Waals surface area contributed by atoms with Crippen molar-refractivity contribution in [1.82, 2.24) is 5.32 Å². The van der Waals surface area contributed by atoms with Crippen molar-refractivity contribution < 1.29 is 85.4 Å². The van der Waals surface area contributed by atoms with Crippen molar-refractivity contribution in [3.8, 4) is 0 Å². The first-order valence-corrected chi connectivity index (χ1v) is 17.9. The number of aliphatic hydroxyl groups excluding tert-OH is 4. The molecule has 0 aromatic heterocycles. The van der Waals surface area contributed by atoms with E-state index in [2.05, 4.69) is 15.3 Å². The molecule has 1 heterocycles. The van der Waals surface area contributed by atoms with Crippen LogP contribution in [0.1, 0.15) is 10.4 Å². The summed E-state index contributed by atoms with van der Waals surface area (Å²) in [6.45, 7) is 4.24. The van der Waals surface area contributed by atoms with E-state index in [-0.39, 0.29) is 33.0 Å². The number of carbonyl (C=O) groups is 1. The van der Waals surface area contributed by atoms with Crippen molar-refractivity contribution in [2.75, 3.05) is 125 Å². The zero-order valence-electron chi connectivity index (χ0n) is 29.5. The van der Waals surface area contributed by atoms with Gasteiger partial charge in [-0.3, -0.25) is 4.79 Å². The van der Waals surface area contributed by atoms with Gasteiger partial charge in [0.05, 0.1) is 112 Å². The lowest BCUT2D eigenvalue weighted by Crippen LogP contribution is -2.57. The smallest absolute Gasteiger partial charge is 0.257 e. The van der Waals surface area contributed by atoms with Crippen LogP contribution in [0.4, 0.5) is 23.2 Å². The van der Waals surface area contributed by atoms with E-state index in [1.807, 2.05) is 0 Å². The minimum Gasteiger partial charge on any atom is -0.394 e. The summed E-state index contributed by atoms with van der Waals surface area (Å²) in [5.41, 5.74) is 4.47. The number of nitrogens with zero attached hydrogens (tertiary/aromatic N) is 3. The van der Waals surface area contributed by atoms with Crippen molar-refractivity contribution in [2.24, 2.45) is 5.11 Å². The van der Waals surface area contributed by atoms with E-state index in [4.69, 9.17) is 48.2 Å². The van der Waals surface area contributed by atoms with Gasteiger partial charge < -0.3 is 68.4 Å². The molecule has 1 fully saturated rings. The van der Waals surface area contributed by atoms with Crippen LogP contribution in [0.3, 0.4) is 0 Å². The van der Waals surface area contributed by atoms with Crippen molar-refractivity contribution in [3.63, 3.8) is 0 Å². The second kappa shape index (κ2) is 28.9. The molecular formula is C31H48F4N4O14S. The van der Waals surface area contributed by atoms with Gasteiger partial charge in [0.1, 0.15) is 41.1 Å². The highest BCUT2D eigenvalue weighted by Gasteiger charge is 2.43. The maximum Gasteiger partial charge on any atom is 0.257 e. The summed E-state index contributed by atoms with van der Waals surface area (Å²) in [6.07, 6.45) is -4.98. The molecule has 1 aromatic rings. The number of azide groups is 1. The van der Waals surface area contributed by atoms with Gasteiger partial charge in [-0.15, -0.1) is 11.8 Å². The minimum atomic E-state index is -1.99. The van der Waals surface area contributed by atoms with Crippen LogP contribution in [0.25, 0.3) is 10.4 Å². The molecule has 0 radical (unpaired) electrons. The van der Waals surface area contributed by atoms with Crippen LogP contribution >= 0.6 is 11.8 Å². The molecule has 2 rings (SSSR count). The van der Waals surface area contributed by atoms with Gasteiger partial charge >= 0.3 is 0 Å². The lowest BCUT2D eigenvalue weighted by molar-refractivity contribution is -0.205. The van der Waals surface area contributed by atoms with Crippen LogP contribution in [-0.4, -0.2) is 181 Å². The van der Waals surface area contributed by atoms with E-state index in [1.54, 1.807) is 0 Å². The van der Waals surface area contributed by atoms with Gasteiger partial charge in [0.25, 0.3) is 5.91 Å². The maximum atomic E-state index is 14.0. The SMILES string of the molecule is [N-]=[N+]=Nc1c(F)c(F)c(C(=O)NCCOCCOCCOCCOCCOCCOCCOCCOCCS[C@H]2O[C@H](CO)[C@@H](O)[C@H](O)[C@@H]2O)c(F)c1F. The third kappa shape index (κ3) is 17.6. The van der Waals surface area contributed by atoms with Gasteiger partial charge in [0, 0.05) is 17.2 Å². The number of thioether (sulfide) groups is 1. The third-order valence-electron chi connectivity index (χ3n) is 7.11. The second-order valence-electron chi connectivity index (χ2n) is 10.9. The Balaban J connectivity index is 1.28. The first-order valence-electron chi connectivity index (χ1n) is 16.9. The molecule has 0 spiro atoms. The zero-order valence-corrected chi connectivity index (χ0v) is 30.3. The van der Waals surface area contributed by atoms with Gasteiger partial charge in [-0.05, 0) is 5.53 Å². The third-order valence-corrected chi connectivity index (χ3v) is 8.23. The van der Waals surface area contributed by atoms with Gasteiger partial charge in [-0.2, -0.15) is 0 Å². The Kier molecular flexibility index (Phi) is 25.5. The Hall–Kier alpha value is -2.45. The molecule has 0 saturated carbocycles. The van der Waals surface area contributed by atoms with Crippen LogP contribution in [0.15, 0.2) is 5.11 Å². The molecule has 23 heteroatoms. The second-order valence-corrected chi connectivity index (χ2v) is 12.1. The number of carbonyl (C=O) groups excluding carboxylic acids is 1. The first kappa shape index (κ1) is 47.7. The minimum absolute atomic E-state index is 0.0814. The lowest BCUT2D eigenvalue weighted by Gasteiger charge is -2.39. The van der Waals surface area contributed by atoms with Crippen molar-refractivity contribution in [1.29, 1.82) is 0 Å². The molecule has 5 atom stereocenters. The standard InChI is InChI=1S/C31H48F4N4O14S/c32-22-21(23(33)25(35)26(24(22)34)38-39-36)30(44)37-1-2-45-3-4-46-5-6-47-7-8-48-9-10-49-11-12-50-13-14-51-15-16-52-17-18-54-31-29(43)28(42)27(41)20(19-40)53-31/h20,27-29,31,40-43H,1-19H2,(H,37,44)/t20-,27-,28+,29+,31-/m1/s1. The molecule has 310 valence electrons. The zero-order chi connectivity index (χ0) is 39.6. The van der Waals surface area contributed by atoms with Crippen molar-refractivity contribution >= 4 is 23.4 Å². The molecule has 1 aromatic carbocycles. The fourth-order valence-corrected chi connectivity index (χ4v) is 5.37. The average molecular weight is 809 g/mol. The van der Waals surface area contributed by atoms with Crippen LogP contribution < -0.4 is 5.32 Å². The van der Waals surface area contributed by atoms with Crippen LogP contribution in [-0.2, 0) is 42.6 Å². The topological polar surface area (TPSA) is 242 Å². The van der Waals surface area contributed by atoms with Crippen LogP contribution in [0, 0.1) is 23.3 Å². The quantitative estimate of drug-likeness (QED) is 0.0172. The van der Waals surface area contributed by atoms with Gasteiger partial charge in [0.15, 0.2) is 23.3 Å². The number of hydrogen-bond acceptors (Lipinski definition) is 16.